The van der Waals surface area contributed by atoms with Crippen molar-refractivity contribution in [2.24, 2.45) is 0 Å². The predicted molar refractivity (Wildman–Crippen MR) is 78.4 cm³/mol. The van der Waals surface area contributed by atoms with Crippen molar-refractivity contribution in [1.29, 1.82) is 0 Å². The normalized spacial score (nSPS) is 12.6. The van der Waals surface area contributed by atoms with Gasteiger partial charge in [-0.25, -0.2) is 4.98 Å². The van der Waals surface area contributed by atoms with Gasteiger partial charge in [0, 0.05) is 29.1 Å². The Morgan fingerprint density at radius 3 is 2.94 bits per heavy atom. The van der Waals surface area contributed by atoms with Crippen molar-refractivity contribution in [3.63, 3.8) is 0 Å². The maximum atomic E-state index is 6.41. The standard InChI is InChI=1S/C14H17ClN2S/c1-3-16-12(9-13-17-7-8-18-13)11-6-4-5-10(2)14(11)15/h4-8,12,16H,3,9H2,1-2H3. The molecule has 4 heteroatoms. The van der Waals surface area contributed by atoms with Crippen LogP contribution in [0.25, 0.3) is 0 Å². The Kier molecular flexibility index (Phi) is 4.75. The van der Waals surface area contributed by atoms with Crippen LogP contribution in [0.2, 0.25) is 5.02 Å². The summed E-state index contributed by atoms with van der Waals surface area (Å²) in [4.78, 5) is 4.35. The fourth-order valence-corrected chi connectivity index (χ4v) is 2.93. The first-order chi connectivity index (χ1) is 8.72. The van der Waals surface area contributed by atoms with Gasteiger partial charge in [0.15, 0.2) is 0 Å². The van der Waals surface area contributed by atoms with E-state index in [9.17, 15) is 0 Å². The summed E-state index contributed by atoms with van der Waals surface area (Å²) >= 11 is 8.09. The zero-order chi connectivity index (χ0) is 13.0. The van der Waals surface area contributed by atoms with Crippen LogP contribution >= 0.6 is 22.9 Å². The lowest BCUT2D eigenvalue weighted by Gasteiger charge is -2.19. The van der Waals surface area contributed by atoms with E-state index in [0.717, 1.165) is 34.1 Å². The molecule has 2 nitrogen and oxygen atoms in total. The SMILES string of the molecule is CCNC(Cc1nccs1)c1cccc(C)c1Cl. The molecule has 0 fully saturated rings. The summed E-state index contributed by atoms with van der Waals surface area (Å²) < 4.78 is 0. The maximum Gasteiger partial charge on any atom is 0.0943 e. The second-order valence-electron chi connectivity index (χ2n) is 4.22. The predicted octanol–water partition coefficient (Wildman–Crippen LogP) is 4.00. The van der Waals surface area contributed by atoms with Gasteiger partial charge in [-0.15, -0.1) is 11.3 Å². The lowest BCUT2D eigenvalue weighted by atomic mass is 10.0. The zero-order valence-electron chi connectivity index (χ0n) is 10.6. The van der Waals surface area contributed by atoms with E-state index in [-0.39, 0.29) is 6.04 Å². The molecule has 1 atom stereocenters. The van der Waals surface area contributed by atoms with E-state index in [0.29, 0.717) is 0 Å². The van der Waals surface area contributed by atoms with E-state index in [1.807, 2.05) is 24.6 Å². The summed E-state index contributed by atoms with van der Waals surface area (Å²) in [5.41, 5.74) is 2.28. The molecule has 18 heavy (non-hydrogen) atoms. The molecule has 0 bridgehead atoms. The number of thiazole rings is 1. The summed E-state index contributed by atoms with van der Waals surface area (Å²) in [6.45, 7) is 5.07. The molecule has 1 N–H and O–H groups in total. The van der Waals surface area contributed by atoms with E-state index in [1.165, 1.54) is 0 Å². The van der Waals surface area contributed by atoms with Crippen molar-refractivity contribution in [3.8, 4) is 0 Å². The number of hydrogen-bond acceptors (Lipinski definition) is 3. The largest absolute Gasteiger partial charge is 0.310 e. The average molecular weight is 281 g/mol. The lowest BCUT2D eigenvalue weighted by Crippen LogP contribution is -2.23. The third-order valence-electron chi connectivity index (χ3n) is 2.91. The van der Waals surface area contributed by atoms with Crippen molar-refractivity contribution < 1.29 is 0 Å². The highest BCUT2D eigenvalue weighted by Gasteiger charge is 2.16. The maximum absolute atomic E-state index is 6.41. The minimum atomic E-state index is 0.230. The molecule has 1 unspecified atom stereocenters. The van der Waals surface area contributed by atoms with Crippen LogP contribution in [0.4, 0.5) is 0 Å². The minimum Gasteiger partial charge on any atom is -0.310 e. The van der Waals surface area contributed by atoms with Gasteiger partial charge in [0.2, 0.25) is 0 Å². The van der Waals surface area contributed by atoms with Gasteiger partial charge in [0.25, 0.3) is 0 Å². The number of rotatable bonds is 5. The molecule has 96 valence electrons. The Labute approximate surface area is 117 Å². The van der Waals surface area contributed by atoms with Crippen LogP contribution in [0.5, 0.6) is 0 Å². The van der Waals surface area contributed by atoms with Crippen molar-refractivity contribution >= 4 is 22.9 Å². The first-order valence-electron chi connectivity index (χ1n) is 6.09. The molecule has 0 aliphatic carbocycles. The summed E-state index contributed by atoms with van der Waals surface area (Å²) in [5.74, 6) is 0. The van der Waals surface area contributed by atoms with Crippen LogP contribution in [0.15, 0.2) is 29.8 Å². The quantitative estimate of drug-likeness (QED) is 0.895. The van der Waals surface area contributed by atoms with Gasteiger partial charge in [-0.1, -0.05) is 36.7 Å². The van der Waals surface area contributed by atoms with Gasteiger partial charge in [0.05, 0.1) is 5.01 Å². The summed E-state index contributed by atoms with van der Waals surface area (Å²) in [6, 6.07) is 6.42. The lowest BCUT2D eigenvalue weighted by molar-refractivity contribution is 0.548. The monoisotopic (exact) mass is 280 g/mol. The molecule has 0 saturated carbocycles. The number of likely N-dealkylation sites (N-methyl/N-ethyl adjacent to an activating group) is 1. The number of aryl methyl sites for hydroxylation is 1. The molecule has 2 aromatic rings. The first kappa shape index (κ1) is 13.5. The van der Waals surface area contributed by atoms with Gasteiger partial charge >= 0.3 is 0 Å². The fraction of sp³-hybridized carbons (Fsp3) is 0.357. The van der Waals surface area contributed by atoms with Crippen LogP contribution in [-0.4, -0.2) is 11.5 Å². The van der Waals surface area contributed by atoms with Crippen molar-refractivity contribution in [1.82, 2.24) is 10.3 Å². The Bertz CT molecular complexity index is 497. The Hall–Kier alpha value is -0.900. The molecule has 1 aromatic carbocycles. The third-order valence-corrected chi connectivity index (χ3v) is 4.23. The Morgan fingerprint density at radius 1 is 1.44 bits per heavy atom. The highest BCUT2D eigenvalue weighted by atomic mass is 35.5. The molecule has 2 rings (SSSR count). The summed E-state index contributed by atoms with van der Waals surface area (Å²) in [6.07, 6.45) is 2.73. The van der Waals surface area contributed by atoms with Crippen LogP contribution in [0.3, 0.4) is 0 Å². The number of benzene rings is 1. The van der Waals surface area contributed by atoms with Gasteiger partial charge in [-0.05, 0) is 24.6 Å². The van der Waals surface area contributed by atoms with Gasteiger partial charge < -0.3 is 5.32 Å². The summed E-state index contributed by atoms with van der Waals surface area (Å²) in [7, 11) is 0. The van der Waals surface area contributed by atoms with Crippen molar-refractivity contribution in [3.05, 3.63) is 50.9 Å². The molecule has 0 amide bonds. The Balaban J connectivity index is 2.26. The average Bonchev–Trinajstić information content (AvgIpc) is 2.85. The third kappa shape index (κ3) is 3.10. The molecular formula is C14H17ClN2S. The first-order valence-corrected chi connectivity index (χ1v) is 7.35. The number of aromatic nitrogens is 1. The number of hydrogen-bond donors (Lipinski definition) is 1. The second-order valence-corrected chi connectivity index (χ2v) is 5.58. The number of nitrogens with zero attached hydrogens (tertiary/aromatic N) is 1. The molecule has 0 radical (unpaired) electrons. The topological polar surface area (TPSA) is 24.9 Å². The highest BCUT2D eigenvalue weighted by Crippen LogP contribution is 2.28. The highest BCUT2D eigenvalue weighted by molar-refractivity contribution is 7.09. The summed E-state index contributed by atoms with van der Waals surface area (Å²) in [5, 5.41) is 7.50. The van der Waals surface area contributed by atoms with E-state index in [4.69, 9.17) is 11.6 Å². The molecule has 0 aliphatic rings. The molecule has 0 saturated heterocycles. The second kappa shape index (κ2) is 6.32. The van der Waals surface area contributed by atoms with Crippen LogP contribution in [-0.2, 0) is 6.42 Å². The molecular weight excluding hydrogens is 264 g/mol. The number of halogens is 1. The van der Waals surface area contributed by atoms with E-state index >= 15 is 0 Å². The smallest absolute Gasteiger partial charge is 0.0943 e. The van der Waals surface area contributed by atoms with Crippen LogP contribution in [0.1, 0.15) is 29.1 Å². The van der Waals surface area contributed by atoms with Gasteiger partial charge in [-0.2, -0.15) is 0 Å². The van der Waals surface area contributed by atoms with Crippen LogP contribution in [0, 0.1) is 6.92 Å². The van der Waals surface area contributed by atoms with Gasteiger partial charge in [-0.3, -0.25) is 0 Å². The molecule has 1 heterocycles. The van der Waals surface area contributed by atoms with Gasteiger partial charge in [0.1, 0.15) is 0 Å². The van der Waals surface area contributed by atoms with E-state index in [1.54, 1.807) is 11.3 Å². The molecule has 1 aromatic heterocycles. The Morgan fingerprint density at radius 2 is 2.28 bits per heavy atom. The molecule has 0 spiro atoms. The van der Waals surface area contributed by atoms with Crippen molar-refractivity contribution in [2.45, 2.75) is 26.3 Å². The van der Waals surface area contributed by atoms with Crippen LogP contribution < -0.4 is 5.32 Å². The number of nitrogens with one attached hydrogen (secondary N) is 1. The molecule has 0 aliphatic heterocycles. The zero-order valence-corrected chi connectivity index (χ0v) is 12.2. The minimum absolute atomic E-state index is 0.230. The fourth-order valence-electron chi connectivity index (χ4n) is 2.01. The van der Waals surface area contributed by atoms with E-state index in [2.05, 4.69) is 29.4 Å². The van der Waals surface area contributed by atoms with E-state index < -0.39 is 0 Å². The van der Waals surface area contributed by atoms with Crippen molar-refractivity contribution in [2.75, 3.05) is 6.54 Å².